The molecule has 1 N–H and O–H groups in total. The van der Waals surface area contributed by atoms with E-state index in [1.54, 1.807) is 0 Å². The summed E-state index contributed by atoms with van der Waals surface area (Å²) in [6.07, 6.45) is 3.84. The topological polar surface area (TPSA) is 33.6 Å². The monoisotopic (exact) mass is 261 g/mol. The molecule has 0 fully saturated rings. The summed E-state index contributed by atoms with van der Waals surface area (Å²) in [6.45, 7) is 0. The number of benzene rings is 1. The van der Waals surface area contributed by atoms with Crippen molar-refractivity contribution >= 4 is 26.8 Å². The minimum atomic E-state index is 0.885. The van der Waals surface area contributed by atoms with Crippen molar-refractivity contribution in [2.75, 3.05) is 0 Å². The number of H-pyrrole nitrogens is 1. The van der Waals surface area contributed by atoms with E-state index >= 15 is 0 Å². The van der Waals surface area contributed by atoms with Gasteiger partial charge in [-0.25, -0.2) is 0 Å². The van der Waals surface area contributed by atoms with Crippen molar-refractivity contribution in [1.29, 1.82) is 0 Å². The molecule has 0 amide bonds. The van der Waals surface area contributed by atoms with Crippen LogP contribution in [0.2, 0.25) is 0 Å². The van der Waals surface area contributed by atoms with Gasteiger partial charge in [0.05, 0.1) is 9.99 Å². The molecule has 1 aromatic carbocycles. The summed E-state index contributed by atoms with van der Waals surface area (Å²) in [5.74, 6) is 0.885. The number of nitrogens with zero attached hydrogens (tertiary/aromatic N) is 2. The second kappa shape index (κ2) is 3.24. The van der Waals surface area contributed by atoms with Gasteiger partial charge < -0.3 is 0 Å². The first-order valence-corrected chi connectivity index (χ1v) is 5.41. The Morgan fingerprint density at radius 1 is 1.20 bits per heavy atom. The van der Waals surface area contributed by atoms with E-state index in [4.69, 9.17) is 0 Å². The van der Waals surface area contributed by atoms with Crippen LogP contribution in [0.25, 0.3) is 16.7 Å². The molecule has 0 aliphatic rings. The molecule has 0 unspecified atom stereocenters. The SMILES string of the molecule is Brc1c[nH]nc1-n1ccc2ccccc21. The minimum absolute atomic E-state index is 0.885. The summed E-state index contributed by atoms with van der Waals surface area (Å²) in [7, 11) is 0. The third kappa shape index (κ3) is 1.29. The average molecular weight is 262 g/mol. The van der Waals surface area contributed by atoms with Gasteiger partial charge in [0.25, 0.3) is 0 Å². The van der Waals surface area contributed by atoms with Gasteiger partial charge in [-0.1, -0.05) is 18.2 Å². The van der Waals surface area contributed by atoms with Gasteiger partial charge in [-0.05, 0) is 33.4 Å². The van der Waals surface area contributed by atoms with Crippen LogP contribution in [0, 0.1) is 0 Å². The minimum Gasteiger partial charge on any atom is -0.299 e. The fourth-order valence-electron chi connectivity index (χ4n) is 1.70. The molecule has 2 heterocycles. The molecule has 0 radical (unpaired) electrons. The van der Waals surface area contributed by atoms with Crippen LogP contribution in [0.1, 0.15) is 0 Å². The molecule has 0 bridgehead atoms. The fourth-order valence-corrected chi connectivity index (χ4v) is 2.09. The molecule has 74 valence electrons. The number of aromatic amines is 1. The summed E-state index contributed by atoms with van der Waals surface area (Å²) >= 11 is 3.46. The molecule has 3 aromatic rings. The first-order chi connectivity index (χ1) is 7.36. The maximum Gasteiger partial charge on any atom is 0.173 e. The van der Waals surface area contributed by atoms with Gasteiger partial charge in [0.15, 0.2) is 5.82 Å². The van der Waals surface area contributed by atoms with Crippen molar-refractivity contribution in [2.24, 2.45) is 0 Å². The smallest absolute Gasteiger partial charge is 0.173 e. The number of fused-ring (bicyclic) bond motifs is 1. The Kier molecular flexibility index (Phi) is 1.89. The van der Waals surface area contributed by atoms with Gasteiger partial charge in [-0.2, -0.15) is 5.10 Å². The van der Waals surface area contributed by atoms with E-state index in [2.05, 4.69) is 48.9 Å². The summed E-state index contributed by atoms with van der Waals surface area (Å²) in [5, 5.41) is 8.25. The average Bonchev–Trinajstić information content (AvgIpc) is 2.83. The van der Waals surface area contributed by atoms with E-state index in [0.29, 0.717) is 0 Å². The third-order valence-electron chi connectivity index (χ3n) is 2.40. The Morgan fingerprint density at radius 2 is 2.07 bits per heavy atom. The van der Waals surface area contributed by atoms with Crippen molar-refractivity contribution in [3.8, 4) is 5.82 Å². The van der Waals surface area contributed by atoms with Gasteiger partial charge in [-0.15, -0.1) is 0 Å². The highest BCUT2D eigenvalue weighted by Crippen LogP contribution is 2.23. The summed E-state index contributed by atoms with van der Waals surface area (Å²) in [4.78, 5) is 0. The zero-order chi connectivity index (χ0) is 10.3. The fraction of sp³-hybridized carbons (Fsp3) is 0. The number of halogens is 1. The first-order valence-electron chi connectivity index (χ1n) is 4.62. The Labute approximate surface area is 94.9 Å². The van der Waals surface area contributed by atoms with E-state index in [1.165, 1.54) is 5.39 Å². The lowest BCUT2D eigenvalue weighted by Gasteiger charge is -2.00. The number of hydrogen-bond acceptors (Lipinski definition) is 1. The maximum absolute atomic E-state index is 4.20. The highest BCUT2D eigenvalue weighted by molar-refractivity contribution is 9.10. The first kappa shape index (κ1) is 8.73. The lowest BCUT2D eigenvalue weighted by atomic mass is 10.2. The molecule has 0 saturated heterocycles. The lowest BCUT2D eigenvalue weighted by molar-refractivity contribution is 0.986. The Bertz CT molecular complexity index is 609. The van der Waals surface area contributed by atoms with Crippen LogP contribution in [-0.2, 0) is 0 Å². The van der Waals surface area contributed by atoms with E-state index in [-0.39, 0.29) is 0 Å². The molecule has 3 nitrogen and oxygen atoms in total. The predicted molar refractivity (Wildman–Crippen MR) is 63.1 cm³/mol. The van der Waals surface area contributed by atoms with Crippen LogP contribution in [0.3, 0.4) is 0 Å². The molecule has 0 aliphatic carbocycles. The second-order valence-electron chi connectivity index (χ2n) is 3.30. The summed E-state index contributed by atoms with van der Waals surface area (Å²) in [6, 6.07) is 10.3. The highest BCUT2D eigenvalue weighted by Gasteiger charge is 2.07. The standard InChI is InChI=1S/C11H8BrN3/c12-9-7-13-14-11(9)15-6-5-8-3-1-2-4-10(8)15/h1-7H,(H,13,14). The van der Waals surface area contributed by atoms with E-state index in [9.17, 15) is 0 Å². The van der Waals surface area contributed by atoms with Crippen LogP contribution >= 0.6 is 15.9 Å². The predicted octanol–water partition coefficient (Wildman–Crippen LogP) is 3.12. The number of para-hydroxylation sites is 1. The second-order valence-corrected chi connectivity index (χ2v) is 4.16. The van der Waals surface area contributed by atoms with Gasteiger partial charge in [-0.3, -0.25) is 9.67 Å². The molecule has 3 rings (SSSR count). The Morgan fingerprint density at radius 3 is 2.87 bits per heavy atom. The zero-order valence-corrected chi connectivity index (χ0v) is 9.40. The third-order valence-corrected chi connectivity index (χ3v) is 2.99. The maximum atomic E-state index is 4.20. The van der Waals surface area contributed by atoms with Crippen LogP contribution in [-0.4, -0.2) is 14.8 Å². The summed E-state index contributed by atoms with van der Waals surface area (Å²) < 4.78 is 3.01. The summed E-state index contributed by atoms with van der Waals surface area (Å²) in [5.41, 5.74) is 1.16. The lowest BCUT2D eigenvalue weighted by Crippen LogP contribution is -1.92. The van der Waals surface area contributed by atoms with E-state index < -0.39 is 0 Å². The van der Waals surface area contributed by atoms with Crippen LogP contribution in [0.4, 0.5) is 0 Å². The van der Waals surface area contributed by atoms with Crippen molar-refractivity contribution in [3.05, 3.63) is 47.2 Å². The highest BCUT2D eigenvalue weighted by atomic mass is 79.9. The largest absolute Gasteiger partial charge is 0.299 e. The number of hydrogen-bond donors (Lipinski definition) is 1. The molecule has 0 atom stereocenters. The molecular formula is C11H8BrN3. The zero-order valence-electron chi connectivity index (χ0n) is 7.81. The molecular weight excluding hydrogens is 254 g/mol. The normalized spacial score (nSPS) is 11.0. The molecule has 15 heavy (non-hydrogen) atoms. The molecule has 0 aliphatic heterocycles. The Hall–Kier alpha value is -1.55. The van der Waals surface area contributed by atoms with Crippen molar-refractivity contribution in [1.82, 2.24) is 14.8 Å². The van der Waals surface area contributed by atoms with Crippen molar-refractivity contribution in [2.45, 2.75) is 0 Å². The van der Waals surface area contributed by atoms with Gasteiger partial charge in [0, 0.05) is 12.4 Å². The number of rotatable bonds is 1. The Balaban J connectivity index is 2.32. The number of aromatic nitrogens is 3. The molecule has 4 heteroatoms. The van der Waals surface area contributed by atoms with Crippen molar-refractivity contribution < 1.29 is 0 Å². The van der Waals surface area contributed by atoms with Crippen LogP contribution in [0.5, 0.6) is 0 Å². The van der Waals surface area contributed by atoms with E-state index in [1.807, 2.05) is 24.5 Å². The van der Waals surface area contributed by atoms with Gasteiger partial charge >= 0.3 is 0 Å². The van der Waals surface area contributed by atoms with E-state index in [0.717, 1.165) is 15.8 Å². The molecule has 2 aromatic heterocycles. The van der Waals surface area contributed by atoms with Crippen molar-refractivity contribution in [3.63, 3.8) is 0 Å². The molecule has 0 spiro atoms. The van der Waals surface area contributed by atoms with Crippen LogP contribution < -0.4 is 0 Å². The number of nitrogens with one attached hydrogen (secondary N) is 1. The van der Waals surface area contributed by atoms with Gasteiger partial charge in [0.2, 0.25) is 0 Å². The van der Waals surface area contributed by atoms with Crippen LogP contribution in [0.15, 0.2) is 47.2 Å². The quantitative estimate of drug-likeness (QED) is 0.718. The van der Waals surface area contributed by atoms with Gasteiger partial charge in [0.1, 0.15) is 0 Å². The molecule has 0 saturated carbocycles.